The Morgan fingerprint density at radius 3 is 2.40 bits per heavy atom. The van der Waals surface area contributed by atoms with E-state index in [0.29, 0.717) is 12.2 Å². The van der Waals surface area contributed by atoms with Gasteiger partial charge in [-0.1, -0.05) is 0 Å². The van der Waals surface area contributed by atoms with Crippen LogP contribution >= 0.6 is 11.3 Å². The molecule has 0 spiro atoms. The lowest BCUT2D eigenvalue weighted by molar-refractivity contribution is 0.603. The second kappa shape index (κ2) is 5.82. The molecule has 5 nitrogen and oxygen atoms in total. The first kappa shape index (κ1) is 14.8. The van der Waals surface area contributed by atoms with Gasteiger partial charge in [0.15, 0.2) is 0 Å². The molecule has 0 aliphatic rings. The lowest BCUT2D eigenvalue weighted by Crippen LogP contribution is -2.12. The highest BCUT2D eigenvalue weighted by Crippen LogP contribution is 2.24. The van der Waals surface area contributed by atoms with Gasteiger partial charge in [-0.05, 0) is 41.3 Å². The minimum absolute atomic E-state index is 0.273. The third-order valence-electron chi connectivity index (χ3n) is 2.77. The largest absolute Gasteiger partial charge is 0.378 e. The van der Waals surface area contributed by atoms with Crippen molar-refractivity contribution >= 4 is 32.7 Å². The van der Waals surface area contributed by atoms with Crippen molar-refractivity contribution < 1.29 is 8.42 Å². The van der Waals surface area contributed by atoms with E-state index < -0.39 is 10.0 Å². The van der Waals surface area contributed by atoms with Crippen LogP contribution in [0, 0.1) is 0 Å². The maximum Gasteiger partial charge on any atom is 0.271 e. The van der Waals surface area contributed by atoms with E-state index in [-0.39, 0.29) is 4.21 Å². The summed E-state index contributed by atoms with van der Waals surface area (Å²) in [5.41, 5.74) is 7.86. The summed E-state index contributed by atoms with van der Waals surface area (Å²) in [6.07, 6.45) is 0. The summed E-state index contributed by atoms with van der Waals surface area (Å²) in [5, 5.41) is 1.75. The van der Waals surface area contributed by atoms with Crippen LogP contribution in [0.25, 0.3) is 0 Å². The summed E-state index contributed by atoms with van der Waals surface area (Å²) < 4.78 is 27.2. The van der Waals surface area contributed by atoms with Gasteiger partial charge < -0.3 is 10.6 Å². The van der Waals surface area contributed by atoms with Crippen LogP contribution in [-0.2, 0) is 16.6 Å². The number of nitrogens with one attached hydrogen (secondary N) is 1. The first-order chi connectivity index (χ1) is 9.42. The molecule has 108 valence electrons. The lowest BCUT2D eigenvalue weighted by atomic mass is 10.3. The third-order valence-corrected chi connectivity index (χ3v) is 5.64. The van der Waals surface area contributed by atoms with Gasteiger partial charge in [0.1, 0.15) is 4.21 Å². The number of nitrogens with zero attached hydrogens (tertiary/aromatic N) is 1. The fourth-order valence-electron chi connectivity index (χ4n) is 1.63. The average Bonchev–Trinajstić information content (AvgIpc) is 2.88. The van der Waals surface area contributed by atoms with E-state index in [9.17, 15) is 8.42 Å². The molecule has 0 aliphatic heterocycles. The molecule has 7 heteroatoms. The zero-order valence-corrected chi connectivity index (χ0v) is 13.0. The summed E-state index contributed by atoms with van der Waals surface area (Å²) >= 11 is 1.17. The number of hydrogen-bond acceptors (Lipinski definition) is 5. The molecule has 0 radical (unpaired) electrons. The predicted molar refractivity (Wildman–Crippen MR) is 83.8 cm³/mol. The van der Waals surface area contributed by atoms with Gasteiger partial charge in [-0.3, -0.25) is 4.72 Å². The highest BCUT2D eigenvalue weighted by atomic mass is 32.2. The van der Waals surface area contributed by atoms with Crippen LogP contribution in [-0.4, -0.2) is 22.5 Å². The molecule has 2 rings (SSSR count). The first-order valence-electron chi connectivity index (χ1n) is 6.00. The van der Waals surface area contributed by atoms with E-state index in [0.717, 1.165) is 11.3 Å². The lowest BCUT2D eigenvalue weighted by Gasteiger charge is -2.13. The standard InChI is InChI=1S/C13H17N3O2S2/c1-16(2)12-5-3-11(4-6-12)15-20(17,18)13-7-10(8-14)9-19-13/h3-7,9,15H,8,14H2,1-2H3. The molecule has 0 saturated carbocycles. The fraction of sp³-hybridized carbons (Fsp3) is 0.231. The normalized spacial score (nSPS) is 11.3. The Labute approximate surface area is 123 Å². The molecule has 3 N–H and O–H groups in total. The predicted octanol–water partition coefficient (Wildman–Crippen LogP) is 2.07. The minimum Gasteiger partial charge on any atom is -0.378 e. The number of benzene rings is 1. The first-order valence-corrected chi connectivity index (χ1v) is 8.36. The van der Waals surface area contributed by atoms with Gasteiger partial charge in [0.05, 0.1) is 0 Å². The molecular weight excluding hydrogens is 294 g/mol. The van der Waals surface area contributed by atoms with Crippen molar-refractivity contribution in [1.29, 1.82) is 0 Å². The molecule has 0 fully saturated rings. The van der Waals surface area contributed by atoms with Crippen LogP contribution in [0.15, 0.2) is 39.9 Å². The number of thiophene rings is 1. The number of sulfonamides is 1. The number of anilines is 2. The molecule has 0 aliphatic carbocycles. The fourth-order valence-corrected chi connectivity index (χ4v) is 3.91. The summed E-state index contributed by atoms with van der Waals surface area (Å²) in [4.78, 5) is 1.95. The molecule has 0 amide bonds. The molecule has 0 unspecified atom stereocenters. The summed E-state index contributed by atoms with van der Waals surface area (Å²) in [7, 11) is 0.323. The number of hydrogen-bond donors (Lipinski definition) is 2. The third kappa shape index (κ3) is 3.30. The molecule has 2 aromatic rings. The SMILES string of the molecule is CN(C)c1ccc(NS(=O)(=O)c2cc(CN)cs2)cc1. The highest BCUT2D eigenvalue weighted by molar-refractivity contribution is 7.94. The van der Waals surface area contributed by atoms with E-state index in [1.54, 1.807) is 23.6 Å². The topological polar surface area (TPSA) is 75.4 Å². The van der Waals surface area contributed by atoms with Crippen molar-refractivity contribution in [3.05, 3.63) is 41.3 Å². The average molecular weight is 311 g/mol. The van der Waals surface area contributed by atoms with E-state index in [4.69, 9.17) is 5.73 Å². The number of nitrogens with two attached hydrogens (primary N) is 1. The highest BCUT2D eigenvalue weighted by Gasteiger charge is 2.16. The van der Waals surface area contributed by atoms with E-state index in [2.05, 4.69) is 4.72 Å². The molecule has 1 aromatic carbocycles. The van der Waals surface area contributed by atoms with Gasteiger partial charge in [0, 0.05) is 32.0 Å². The molecule has 1 heterocycles. The Bertz CT molecular complexity index is 676. The maximum atomic E-state index is 12.2. The molecule has 0 bridgehead atoms. The zero-order chi connectivity index (χ0) is 14.8. The van der Waals surface area contributed by atoms with Gasteiger partial charge in [0.25, 0.3) is 10.0 Å². The molecule has 20 heavy (non-hydrogen) atoms. The van der Waals surface area contributed by atoms with Gasteiger partial charge in [-0.2, -0.15) is 0 Å². The minimum atomic E-state index is -3.54. The second-order valence-corrected chi connectivity index (χ2v) is 7.35. The summed E-state index contributed by atoms with van der Waals surface area (Å²) in [6, 6.07) is 8.80. The van der Waals surface area contributed by atoms with Gasteiger partial charge >= 0.3 is 0 Å². The van der Waals surface area contributed by atoms with Crippen molar-refractivity contribution in [2.45, 2.75) is 10.8 Å². The zero-order valence-electron chi connectivity index (χ0n) is 11.3. The molecule has 0 saturated heterocycles. The van der Waals surface area contributed by atoms with Gasteiger partial charge in [-0.25, -0.2) is 8.42 Å². The van der Waals surface area contributed by atoms with Crippen molar-refractivity contribution in [3.63, 3.8) is 0 Å². The van der Waals surface area contributed by atoms with E-state index >= 15 is 0 Å². The smallest absolute Gasteiger partial charge is 0.271 e. The van der Waals surface area contributed by atoms with Crippen LogP contribution in [0.3, 0.4) is 0 Å². The van der Waals surface area contributed by atoms with E-state index in [1.807, 2.05) is 31.1 Å². The van der Waals surface area contributed by atoms with Crippen LogP contribution in [0.4, 0.5) is 11.4 Å². The number of rotatable bonds is 5. The monoisotopic (exact) mass is 311 g/mol. The maximum absolute atomic E-state index is 12.2. The summed E-state index contributed by atoms with van der Waals surface area (Å²) in [5.74, 6) is 0. The Balaban J connectivity index is 2.19. The van der Waals surface area contributed by atoms with E-state index in [1.165, 1.54) is 11.3 Å². The van der Waals surface area contributed by atoms with Crippen LogP contribution in [0.1, 0.15) is 5.56 Å². The molecule has 0 atom stereocenters. The van der Waals surface area contributed by atoms with Crippen molar-refractivity contribution in [3.8, 4) is 0 Å². The Morgan fingerprint density at radius 1 is 1.25 bits per heavy atom. The Morgan fingerprint density at radius 2 is 1.90 bits per heavy atom. The van der Waals surface area contributed by atoms with Crippen LogP contribution in [0.2, 0.25) is 0 Å². The van der Waals surface area contributed by atoms with Crippen LogP contribution < -0.4 is 15.4 Å². The van der Waals surface area contributed by atoms with Crippen molar-refractivity contribution in [1.82, 2.24) is 0 Å². The van der Waals surface area contributed by atoms with Gasteiger partial charge in [0.2, 0.25) is 0 Å². The van der Waals surface area contributed by atoms with Crippen molar-refractivity contribution in [2.75, 3.05) is 23.7 Å². The molecular formula is C13H17N3O2S2. The van der Waals surface area contributed by atoms with Gasteiger partial charge in [-0.15, -0.1) is 11.3 Å². The second-order valence-electron chi connectivity index (χ2n) is 4.52. The Hall–Kier alpha value is -1.57. The summed E-state index contributed by atoms with van der Waals surface area (Å²) in [6.45, 7) is 0.337. The van der Waals surface area contributed by atoms with Crippen molar-refractivity contribution in [2.24, 2.45) is 5.73 Å². The quantitative estimate of drug-likeness (QED) is 0.886. The Kier molecular flexibility index (Phi) is 4.32. The molecule has 1 aromatic heterocycles. The van der Waals surface area contributed by atoms with Crippen LogP contribution in [0.5, 0.6) is 0 Å².